The highest BCUT2D eigenvalue weighted by molar-refractivity contribution is 7.89. The number of piperidine rings is 1. The van der Waals surface area contributed by atoms with Crippen LogP contribution >= 0.6 is 22.9 Å². The van der Waals surface area contributed by atoms with E-state index in [1.165, 1.54) is 51.2 Å². The van der Waals surface area contributed by atoms with Crippen LogP contribution in [0, 0.1) is 0 Å². The number of nitrogens with zero attached hydrogens (tertiary/aromatic N) is 1. The van der Waals surface area contributed by atoms with E-state index in [2.05, 4.69) is 5.32 Å². The van der Waals surface area contributed by atoms with Gasteiger partial charge in [-0.15, -0.1) is 11.3 Å². The maximum absolute atomic E-state index is 12.9. The van der Waals surface area contributed by atoms with Crippen LogP contribution in [0.25, 0.3) is 0 Å². The predicted octanol–water partition coefficient (Wildman–Crippen LogP) is 4.25. The number of rotatable bonds is 6. The van der Waals surface area contributed by atoms with Crippen molar-refractivity contribution in [2.24, 2.45) is 0 Å². The number of ether oxygens (including phenoxy) is 1. The van der Waals surface area contributed by atoms with Crippen LogP contribution in [0.3, 0.4) is 0 Å². The Kier molecular flexibility index (Phi) is 6.90. The Bertz CT molecular complexity index is 1120. The van der Waals surface area contributed by atoms with Gasteiger partial charge in [-0.3, -0.25) is 4.79 Å². The van der Waals surface area contributed by atoms with Crippen molar-refractivity contribution >= 4 is 50.5 Å². The predicted molar refractivity (Wildman–Crippen MR) is 124 cm³/mol. The standard InChI is InChI=1S/C22H25ClN2O5S2/c1-14(30-22(27)20-12-15-6-5-7-19(15)31-20)21(26)24-18-13-16(8-9-17(18)23)32(28,29)25-10-3-2-4-11-25/h8-9,12-14H,2-7,10-11H2,1H3,(H,24,26). The van der Waals surface area contributed by atoms with Crippen LogP contribution in [0.4, 0.5) is 5.69 Å². The summed E-state index contributed by atoms with van der Waals surface area (Å²) in [5.41, 5.74) is 1.34. The first-order valence-corrected chi connectivity index (χ1v) is 13.3. The second-order valence-electron chi connectivity index (χ2n) is 8.06. The minimum atomic E-state index is -3.67. The first kappa shape index (κ1) is 23.2. The number of benzene rings is 1. The monoisotopic (exact) mass is 496 g/mol. The topological polar surface area (TPSA) is 92.8 Å². The number of esters is 1. The van der Waals surface area contributed by atoms with E-state index in [0.717, 1.165) is 38.5 Å². The number of fused-ring (bicyclic) bond motifs is 1. The molecule has 1 aliphatic carbocycles. The zero-order valence-corrected chi connectivity index (χ0v) is 20.1. The van der Waals surface area contributed by atoms with Crippen LogP contribution in [-0.2, 0) is 32.4 Å². The van der Waals surface area contributed by atoms with Gasteiger partial charge in [-0.1, -0.05) is 18.0 Å². The molecule has 1 unspecified atom stereocenters. The number of hydrogen-bond acceptors (Lipinski definition) is 6. The van der Waals surface area contributed by atoms with E-state index in [-0.39, 0.29) is 15.6 Å². The van der Waals surface area contributed by atoms with E-state index in [1.54, 1.807) is 0 Å². The van der Waals surface area contributed by atoms with Gasteiger partial charge in [0.15, 0.2) is 6.10 Å². The van der Waals surface area contributed by atoms with Crippen molar-refractivity contribution in [2.45, 2.75) is 56.4 Å². The summed E-state index contributed by atoms with van der Waals surface area (Å²) >= 11 is 7.61. The van der Waals surface area contributed by atoms with Crippen molar-refractivity contribution in [3.63, 3.8) is 0 Å². The Morgan fingerprint density at radius 3 is 2.59 bits per heavy atom. The molecule has 1 fully saturated rings. The lowest BCUT2D eigenvalue weighted by molar-refractivity contribution is -0.123. The summed E-state index contributed by atoms with van der Waals surface area (Å²) in [6, 6.07) is 6.06. The number of anilines is 1. The van der Waals surface area contributed by atoms with Gasteiger partial charge < -0.3 is 10.1 Å². The molecule has 0 saturated carbocycles. The zero-order chi connectivity index (χ0) is 22.9. The average Bonchev–Trinajstić information content (AvgIpc) is 3.38. The van der Waals surface area contributed by atoms with Crippen molar-refractivity contribution in [3.8, 4) is 0 Å². The maximum Gasteiger partial charge on any atom is 0.349 e. The molecule has 2 aliphatic rings. The molecule has 1 saturated heterocycles. The third kappa shape index (κ3) is 4.85. The van der Waals surface area contributed by atoms with Gasteiger partial charge in [-0.05, 0) is 68.9 Å². The zero-order valence-electron chi connectivity index (χ0n) is 17.7. The highest BCUT2D eigenvalue weighted by atomic mass is 35.5. The van der Waals surface area contributed by atoms with E-state index in [1.807, 2.05) is 6.07 Å². The fraction of sp³-hybridized carbons (Fsp3) is 0.455. The molecule has 0 bridgehead atoms. The minimum Gasteiger partial charge on any atom is -0.448 e. The molecule has 0 spiro atoms. The number of carbonyl (C=O) groups is 2. The molecule has 0 radical (unpaired) electrons. The lowest BCUT2D eigenvalue weighted by Gasteiger charge is -2.26. The SMILES string of the molecule is CC(OC(=O)c1cc2c(s1)CCC2)C(=O)Nc1cc(S(=O)(=O)N2CCCCC2)ccc1Cl. The van der Waals surface area contributed by atoms with Gasteiger partial charge in [0.05, 0.1) is 15.6 Å². The number of hydrogen-bond donors (Lipinski definition) is 1. The number of thiophene rings is 1. The Balaban J connectivity index is 1.43. The number of amides is 1. The molecule has 172 valence electrons. The molecule has 2 heterocycles. The van der Waals surface area contributed by atoms with Crippen molar-refractivity contribution in [1.82, 2.24) is 4.31 Å². The van der Waals surface area contributed by atoms with Gasteiger partial charge in [-0.2, -0.15) is 4.31 Å². The quantitative estimate of drug-likeness (QED) is 0.603. The largest absolute Gasteiger partial charge is 0.448 e. The van der Waals surface area contributed by atoms with Crippen LogP contribution < -0.4 is 5.32 Å². The molecule has 7 nitrogen and oxygen atoms in total. The van der Waals surface area contributed by atoms with Crippen molar-refractivity contribution in [1.29, 1.82) is 0 Å². The number of carbonyl (C=O) groups excluding carboxylic acids is 2. The lowest BCUT2D eigenvalue weighted by atomic mass is 10.2. The summed E-state index contributed by atoms with van der Waals surface area (Å²) in [4.78, 5) is 26.8. The maximum atomic E-state index is 12.9. The highest BCUT2D eigenvalue weighted by Crippen LogP contribution is 2.31. The Morgan fingerprint density at radius 1 is 1.12 bits per heavy atom. The van der Waals surface area contributed by atoms with Gasteiger partial charge in [0.25, 0.3) is 5.91 Å². The molecule has 2 aromatic rings. The molecular weight excluding hydrogens is 472 g/mol. The van der Waals surface area contributed by atoms with E-state index in [0.29, 0.717) is 18.0 Å². The van der Waals surface area contributed by atoms with Crippen LogP contribution in [-0.4, -0.2) is 43.8 Å². The molecule has 1 aromatic heterocycles. The van der Waals surface area contributed by atoms with Crippen molar-refractivity contribution < 1.29 is 22.7 Å². The van der Waals surface area contributed by atoms with Crippen molar-refractivity contribution in [2.75, 3.05) is 18.4 Å². The third-order valence-electron chi connectivity index (χ3n) is 5.75. The molecule has 10 heteroatoms. The summed E-state index contributed by atoms with van der Waals surface area (Å²) in [5, 5.41) is 2.79. The Labute approximate surface area is 196 Å². The van der Waals surface area contributed by atoms with Gasteiger partial charge >= 0.3 is 5.97 Å². The molecule has 1 N–H and O–H groups in total. The van der Waals surface area contributed by atoms with Gasteiger partial charge in [-0.25, -0.2) is 13.2 Å². The Morgan fingerprint density at radius 2 is 1.88 bits per heavy atom. The van der Waals surface area contributed by atoms with E-state index in [4.69, 9.17) is 16.3 Å². The Hall–Kier alpha value is -1.94. The molecule has 1 aromatic carbocycles. The summed E-state index contributed by atoms with van der Waals surface area (Å²) in [6.07, 6.45) is 4.63. The number of aryl methyl sites for hydroxylation is 2. The second-order valence-corrected chi connectivity index (χ2v) is 11.5. The van der Waals surface area contributed by atoms with Crippen LogP contribution in [0.5, 0.6) is 0 Å². The number of halogens is 1. The van der Waals surface area contributed by atoms with E-state index in [9.17, 15) is 18.0 Å². The molecule has 1 amide bonds. The minimum absolute atomic E-state index is 0.0665. The van der Waals surface area contributed by atoms with Crippen molar-refractivity contribution in [3.05, 3.63) is 44.6 Å². The average molecular weight is 497 g/mol. The fourth-order valence-corrected chi connectivity index (χ4v) is 6.80. The van der Waals surface area contributed by atoms with Gasteiger partial charge in [0.1, 0.15) is 4.88 Å². The van der Waals surface area contributed by atoms with Gasteiger partial charge in [0.2, 0.25) is 10.0 Å². The van der Waals surface area contributed by atoms with Crippen LogP contribution in [0.15, 0.2) is 29.2 Å². The number of nitrogens with one attached hydrogen (secondary N) is 1. The summed E-state index contributed by atoms with van der Waals surface area (Å²) in [7, 11) is -3.67. The van der Waals surface area contributed by atoms with Gasteiger partial charge in [0, 0.05) is 18.0 Å². The van der Waals surface area contributed by atoms with E-state index >= 15 is 0 Å². The van der Waals surface area contributed by atoms with E-state index < -0.39 is 28.0 Å². The summed E-state index contributed by atoms with van der Waals surface area (Å²) in [5.74, 6) is -1.13. The smallest absolute Gasteiger partial charge is 0.349 e. The van der Waals surface area contributed by atoms with Crippen LogP contribution in [0.1, 0.15) is 52.7 Å². The molecular formula is C22H25ClN2O5S2. The molecule has 1 atom stereocenters. The first-order chi connectivity index (χ1) is 15.3. The molecule has 4 rings (SSSR count). The second kappa shape index (κ2) is 9.51. The first-order valence-electron chi connectivity index (χ1n) is 10.7. The number of sulfonamides is 1. The molecule has 32 heavy (non-hydrogen) atoms. The van der Waals surface area contributed by atoms with Crippen LogP contribution in [0.2, 0.25) is 5.02 Å². The fourth-order valence-electron chi connectivity index (χ4n) is 3.95. The highest BCUT2D eigenvalue weighted by Gasteiger charge is 2.28. The summed E-state index contributed by atoms with van der Waals surface area (Å²) < 4.78 is 32.6. The lowest BCUT2D eigenvalue weighted by Crippen LogP contribution is -2.35. The normalized spacial score (nSPS) is 17.6. The summed E-state index contributed by atoms with van der Waals surface area (Å²) in [6.45, 7) is 2.42. The third-order valence-corrected chi connectivity index (χ3v) is 9.19. The molecule has 1 aliphatic heterocycles.